The van der Waals surface area contributed by atoms with Crippen LogP contribution in [0.4, 0.5) is 0 Å². The predicted molar refractivity (Wildman–Crippen MR) is 129 cm³/mol. The van der Waals surface area contributed by atoms with Crippen molar-refractivity contribution in [3.63, 3.8) is 0 Å². The van der Waals surface area contributed by atoms with Crippen molar-refractivity contribution in [2.45, 2.75) is 6.42 Å². The Morgan fingerprint density at radius 3 is 1.43 bits per heavy atom. The molecule has 0 spiro atoms. The zero-order valence-electron chi connectivity index (χ0n) is 16.9. The summed E-state index contributed by atoms with van der Waals surface area (Å²) in [4.78, 5) is 1.49. The summed E-state index contributed by atoms with van der Waals surface area (Å²) in [7, 11) is 3.28. The smallest absolute Gasteiger partial charge is 0.691 e. The summed E-state index contributed by atoms with van der Waals surface area (Å²) in [6.45, 7) is 1.39. The Balaban J connectivity index is 0.00000450. The molecule has 2 aromatic rings. The fourth-order valence-corrected chi connectivity index (χ4v) is 2.74. The van der Waals surface area contributed by atoms with Crippen molar-refractivity contribution in [3.05, 3.63) is 94.8 Å². The van der Waals surface area contributed by atoms with Gasteiger partial charge in [-0.2, -0.15) is 12.4 Å². The number of hydrogen-bond donors (Lipinski definition) is 0. The second kappa shape index (κ2) is 14.7. The van der Waals surface area contributed by atoms with E-state index in [1.807, 2.05) is 60.7 Å². The summed E-state index contributed by atoms with van der Waals surface area (Å²) in [5, 5.41) is 8.71. The van der Waals surface area contributed by atoms with Crippen molar-refractivity contribution in [2.75, 3.05) is 27.3 Å². The standard InChI is InChI=1S/C23H26N2O2S2.Ni/c1-26-20-8-4-18(5-9-20)22(28)12-16-24-14-3-15-25-17-13-23(29)19-6-10-21(27-2)11-7-19;/h4-13,16-17H,3,14-15H2,1-2H3,(H2,24,25,28,29);/q;+2/p-2. The molecule has 0 radical (unpaired) electrons. The summed E-state index contributed by atoms with van der Waals surface area (Å²) in [6, 6.07) is 15.3. The molecule has 0 fully saturated rings. The van der Waals surface area contributed by atoms with Gasteiger partial charge in [0.15, 0.2) is 0 Å². The first-order valence-corrected chi connectivity index (χ1v) is 9.99. The van der Waals surface area contributed by atoms with Crippen LogP contribution >= 0.6 is 24.4 Å². The Labute approximate surface area is 199 Å². The average molecular weight is 483 g/mol. The van der Waals surface area contributed by atoms with E-state index in [-0.39, 0.29) is 16.5 Å². The van der Waals surface area contributed by atoms with Crippen LogP contribution in [0.2, 0.25) is 0 Å². The van der Waals surface area contributed by atoms with Gasteiger partial charge in [0.2, 0.25) is 0 Å². The second-order valence-corrected chi connectivity index (χ2v) is 6.86. The number of hydrogen-bond acceptors (Lipinski definition) is 4. The Morgan fingerprint density at radius 2 is 1.10 bits per heavy atom. The minimum absolute atomic E-state index is 0. The second-order valence-electron chi connectivity index (χ2n) is 5.98. The summed E-state index contributed by atoms with van der Waals surface area (Å²) in [5.41, 5.74) is 1.94. The molecule has 0 unspecified atom stereocenters. The molecule has 2 rings (SSSR count). The topological polar surface area (TPSA) is 46.7 Å². The molecule has 0 aromatic heterocycles. The molecule has 2 aromatic carbocycles. The fourth-order valence-electron chi connectivity index (χ4n) is 2.35. The van der Waals surface area contributed by atoms with Crippen molar-refractivity contribution in [2.24, 2.45) is 0 Å². The van der Waals surface area contributed by atoms with Crippen LogP contribution in [0.3, 0.4) is 0 Å². The molecule has 0 aliphatic heterocycles. The van der Waals surface area contributed by atoms with Gasteiger partial charge in [-0.25, -0.2) is 0 Å². The van der Waals surface area contributed by atoms with Gasteiger partial charge < -0.3 is 20.1 Å². The Morgan fingerprint density at radius 1 is 0.733 bits per heavy atom. The van der Waals surface area contributed by atoms with Crippen LogP contribution < -0.4 is 9.47 Å². The molecule has 0 saturated heterocycles. The van der Waals surface area contributed by atoms with Crippen LogP contribution in [-0.2, 0) is 16.5 Å². The number of ether oxygens (including phenoxy) is 2. The monoisotopic (exact) mass is 482 g/mol. The number of methoxy groups -OCH3 is 2. The zero-order valence-corrected chi connectivity index (χ0v) is 19.5. The Kier molecular flexibility index (Phi) is 12.7. The van der Waals surface area contributed by atoms with Crippen molar-refractivity contribution in [3.8, 4) is 11.5 Å². The molecule has 0 heterocycles. The number of benzene rings is 2. The van der Waals surface area contributed by atoms with E-state index in [1.54, 1.807) is 26.6 Å². The Bertz CT molecular complexity index is 779. The summed E-state index contributed by atoms with van der Waals surface area (Å²) in [5.74, 6) is 1.63. The number of rotatable bonds is 12. The van der Waals surface area contributed by atoms with E-state index in [1.165, 1.54) is 0 Å². The molecule has 0 saturated carbocycles. The molecule has 0 bridgehead atoms. The third-order valence-corrected chi connectivity index (χ3v) is 4.73. The number of allylic oxidation sites excluding steroid dienone is 2. The third-order valence-electron chi connectivity index (χ3n) is 3.99. The first-order valence-electron chi connectivity index (χ1n) is 9.17. The third kappa shape index (κ3) is 9.08. The average Bonchev–Trinajstić information content (AvgIpc) is 2.77. The van der Waals surface area contributed by atoms with Gasteiger partial charge in [-0.1, -0.05) is 43.0 Å². The van der Waals surface area contributed by atoms with E-state index in [0.717, 1.165) is 38.8 Å². The first-order chi connectivity index (χ1) is 14.1. The van der Waals surface area contributed by atoms with Crippen LogP contribution in [0.25, 0.3) is 10.6 Å². The van der Waals surface area contributed by atoms with E-state index in [9.17, 15) is 0 Å². The van der Waals surface area contributed by atoms with E-state index in [0.29, 0.717) is 13.1 Å². The predicted octanol–water partition coefficient (Wildman–Crippen LogP) is 6.00. The summed E-state index contributed by atoms with van der Waals surface area (Å²) < 4.78 is 10.3. The van der Waals surface area contributed by atoms with Gasteiger partial charge in [0.1, 0.15) is 11.5 Å². The fraction of sp³-hybridized carbons (Fsp3) is 0.217. The van der Waals surface area contributed by atoms with E-state index in [4.69, 9.17) is 33.9 Å². The van der Waals surface area contributed by atoms with Crippen molar-refractivity contribution >= 4 is 34.2 Å². The molecule has 0 amide bonds. The molecule has 4 nitrogen and oxygen atoms in total. The maximum Gasteiger partial charge on any atom is 2.00 e. The maximum atomic E-state index is 5.38. The minimum Gasteiger partial charge on any atom is -0.691 e. The molecule has 0 atom stereocenters. The van der Waals surface area contributed by atoms with Crippen molar-refractivity contribution in [1.29, 1.82) is 0 Å². The van der Waals surface area contributed by atoms with Gasteiger partial charge in [-0.05, 0) is 59.7 Å². The van der Waals surface area contributed by atoms with E-state index < -0.39 is 0 Å². The Hall–Kier alpha value is -2.21. The number of thiocarbonyl (C=S) groups is 2. The molecule has 160 valence electrons. The van der Waals surface area contributed by atoms with Gasteiger partial charge in [-0.15, -0.1) is 13.1 Å². The van der Waals surface area contributed by atoms with E-state index >= 15 is 0 Å². The molecule has 0 aliphatic rings. The SMILES string of the molecule is COc1ccc(C(=S)/C=C\[N-]CCC[N-]/C=C\C(=S)c2ccc(OC)cc2)cc1.[Ni+2]. The largest absolute Gasteiger partial charge is 2.00 e. The van der Waals surface area contributed by atoms with Gasteiger partial charge in [-0.3, -0.25) is 0 Å². The minimum atomic E-state index is 0. The molecule has 7 heteroatoms. The quantitative estimate of drug-likeness (QED) is 0.122. The zero-order chi connectivity index (χ0) is 20.9. The molecular formula is C23H24N2NiO2S2. The van der Waals surface area contributed by atoms with Crippen molar-refractivity contribution < 1.29 is 26.0 Å². The van der Waals surface area contributed by atoms with Gasteiger partial charge >= 0.3 is 16.5 Å². The van der Waals surface area contributed by atoms with Crippen LogP contribution in [0, 0.1) is 0 Å². The summed E-state index contributed by atoms with van der Waals surface area (Å²) in [6.07, 6.45) is 8.03. The first kappa shape index (κ1) is 25.8. The van der Waals surface area contributed by atoms with E-state index in [2.05, 4.69) is 10.6 Å². The maximum absolute atomic E-state index is 5.38. The summed E-state index contributed by atoms with van der Waals surface area (Å²) >= 11 is 10.8. The van der Waals surface area contributed by atoms with Crippen LogP contribution in [-0.4, -0.2) is 37.0 Å². The van der Waals surface area contributed by atoms with Gasteiger partial charge in [0.05, 0.1) is 14.2 Å². The van der Waals surface area contributed by atoms with Crippen LogP contribution in [0.5, 0.6) is 11.5 Å². The molecule has 30 heavy (non-hydrogen) atoms. The van der Waals surface area contributed by atoms with Crippen LogP contribution in [0.15, 0.2) is 73.1 Å². The van der Waals surface area contributed by atoms with Crippen molar-refractivity contribution in [1.82, 2.24) is 0 Å². The molecule has 0 N–H and O–H groups in total. The van der Waals surface area contributed by atoms with Crippen LogP contribution in [0.1, 0.15) is 17.5 Å². The molecule has 0 aliphatic carbocycles. The van der Waals surface area contributed by atoms with Gasteiger partial charge in [0, 0.05) is 9.73 Å². The molecular weight excluding hydrogens is 459 g/mol. The number of nitrogens with zero attached hydrogens (tertiary/aromatic N) is 2. The van der Waals surface area contributed by atoms with Gasteiger partial charge in [0.25, 0.3) is 0 Å². The normalized spacial score (nSPS) is 10.5.